The Morgan fingerprint density at radius 3 is 2.37 bits per heavy atom. The number of carbonyl (C=O) groups is 2. The molecule has 0 spiro atoms. The first kappa shape index (κ1) is 28.9. The van der Waals surface area contributed by atoms with Crippen molar-refractivity contribution in [3.05, 3.63) is 100 Å². The van der Waals surface area contributed by atoms with Crippen LogP contribution in [0.5, 0.6) is 0 Å². The standard InChI is InChI=1S/C34H39N5O4/c1-3-36-17-14-28-30(36)35-23-39(33(28)42)22-34(43)15-19-37(20-16-34)32(41)27-13-18-38(21-29(27)25-7-5-4-6-8-25)31(40)26-11-9-24(2)10-12-26/h4-12,14,17,23,27,29,43H,3,13,15-16,18-22H2,1-2H3/t27-,29+/m1/s1. The number of hydrogen-bond donors (Lipinski definition) is 1. The van der Waals surface area contributed by atoms with Crippen LogP contribution >= 0.6 is 0 Å². The molecular weight excluding hydrogens is 542 g/mol. The van der Waals surface area contributed by atoms with E-state index in [9.17, 15) is 19.5 Å². The second kappa shape index (κ2) is 11.8. The van der Waals surface area contributed by atoms with Crippen molar-refractivity contribution in [1.82, 2.24) is 23.9 Å². The zero-order valence-corrected chi connectivity index (χ0v) is 24.9. The fourth-order valence-corrected chi connectivity index (χ4v) is 6.68. The minimum absolute atomic E-state index is 0.0101. The van der Waals surface area contributed by atoms with Crippen LogP contribution in [0.25, 0.3) is 11.0 Å². The molecule has 0 aliphatic carbocycles. The summed E-state index contributed by atoms with van der Waals surface area (Å²) >= 11 is 0. The first-order chi connectivity index (χ1) is 20.8. The van der Waals surface area contributed by atoms with Crippen molar-refractivity contribution in [3.8, 4) is 0 Å². The summed E-state index contributed by atoms with van der Waals surface area (Å²) in [7, 11) is 0. The summed E-state index contributed by atoms with van der Waals surface area (Å²) in [6, 6.07) is 19.4. The van der Waals surface area contributed by atoms with Crippen LogP contribution in [-0.2, 0) is 17.9 Å². The average molecular weight is 582 g/mol. The number of aryl methyl sites for hydroxylation is 2. The van der Waals surface area contributed by atoms with Gasteiger partial charge in [-0.05, 0) is 56.9 Å². The van der Waals surface area contributed by atoms with E-state index < -0.39 is 5.60 Å². The summed E-state index contributed by atoms with van der Waals surface area (Å²) < 4.78 is 3.41. The van der Waals surface area contributed by atoms with Crippen molar-refractivity contribution in [3.63, 3.8) is 0 Å². The topological polar surface area (TPSA) is 101 Å². The number of amides is 2. The number of hydrogen-bond acceptors (Lipinski definition) is 5. The lowest BCUT2D eigenvalue weighted by Gasteiger charge is -2.43. The Bertz CT molecular complexity index is 1670. The number of likely N-dealkylation sites (tertiary alicyclic amines) is 2. The highest BCUT2D eigenvalue weighted by molar-refractivity contribution is 5.94. The van der Waals surface area contributed by atoms with Gasteiger partial charge in [-0.25, -0.2) is 4.98 Å². The van der Waals surface area contributed by atoms with Gasteiger partial charge >= 0.3 is 0 Å². The fraction of sp³-hybridized carbons (Fsp3) is 0.412. The molecule has 0 bridgehead atoms. The van der Waals surface area contributed by atoms with Gasteiger partial charge in [0.25, 0.3) is 11.5 Å². The highest BCUT2D eigenvalue weighted by Gasteiger charge is 2.41. The van der Waals surface area contributed by atoms with Gasteiger partial charge in [-0.15, -0.1) is 0 Å². The number of nitrogens with zero attached hydrogens (tertiary/aromatic N) is 5. The zero-order valence-electron chi connectivity index (χ0n) is 24.9. The predicted octanol–water partition coefficient (Wildman–Crippen LogP) is 3.83. The average Bonchev–Trinajstić information content (AvgIpc) is 3.46. The van der Waals surface area contributed by atoms with Crippen LogP contribution < -0.4 is 5.56 Å². The van der Waals surface area contributed by atoms with Gasteiger partial charge in [0.2, 0.25) is 5.91 Å². The normalized spacial score (nSPS) is 20.3. The van der Waals surface area contributed by atoms with E-state index in [1.165, 1.54) is 10.9 Å². The molecule has 6 rings (SSSR count). The van der Waals surface area contributed by atoms with E-state index in [0.717, 1.165) is 17.7 Å². The molecule has 2 saturated heterocycles. The number of rotatable bonds is 6. The third-order valence-electron chi connectivity index (χ3n) is 9.30. The van der Waals surface area contributed by atoms with Crippen LogP contribution in [0.15, 0.2) is 78.0 Å². The number of fused-ring (bicyclic) bond motifs is 1. The van der Waals surface area contributed by atoms with E-state index in [2.05, 4.69) is 4.98 Å². The molecule has 43 heavy (non-hydrogen) atoms. The van der Waals surface area contributed by atoms with E-state index in [1.807, 2.05) is 89.0 Å². The first-order valence-corrected chi connectivity index (χ1v) is 15.2. The Labute approximate surface area is 251 Å². The van der Waals surface area contributed by atoms with Crippen molar-refractivity contribution in [2.75, 3.05) is 26.2 Å². The number of carbonyl (C=O) groups excluding carboxylic acids is 2. The minimum atomic E-state index is -1.11. The summed E-state index contributed by atoms with van der Waals surface area (Å²) in [5.41, 5.74) is 2.20. The van der Waals surface area contributed by atoms with Gasteiger partial charge < -0.3 is 19.5 Å². The van der Waals surface area contributed by atoms with Gasteiger partial charge in [0.1, 0.15) is 12.0 Å². The summed E-state index contributed by atoms with van der Waals surface area (Å²) in [6.45, 7) is 6.68. The lowest BCUT2D eigenvalue weighted by atomic mass is 9.79. The lowest BCUT2D eigenvalue weighted by molar-refractivity contribution is -0.142. The SMILES string of the molecule is CCn1ccc2c(=O)n(CC3(O)CCN(C(=O)[C@@H]4CCN(C(=O)c5ccc(C)cc5)C[C@H]4c4ccccc4)CC3)cnc21. The molecule has 2 amide bonds. The fourth-order valence-electron chi connectivity index (χ4n) is 6.68. The molecule has 4 aromatic rings. The molecule has 2 aliphatic heterocycles. The molecular formula is C34H39N5O4. The molecule has 0 saturated carbocycles. The number of benzene rings is 2. The van der Waals surface area contributed by atoms with Crippen LogP contribution in [-0.4, -0.2) is 72.6 Å². The molecule has 0 radical (unpaired) electrons. The summed E-state index contributed by atoms with van der Waals surface area (Å²) in [5, 5.41) is 12.0. The molecule has 224 valence electrons. The zero-order chi connectivity index (χ0) is 30.1. The largest absolute Gasteiger partial charge is 0.388 e. The lowest BCUT2D eigenvalue weighted by Crippen LogP contribution is -2.53. The molecule has 2 aromatic heterocycles. The van der Waals surface area contributed by atoms with Gasteiger partial charge in [-0.1, -0.05) is 48.0 Å². The van der Waals surface area contributed by atoms with E-state index in [4.69, 9.17) is 0 Å². The van der Waals surface area contributed by atoms with Crippen LogP contribution in [0.4, 0.5) is 0 Å². The van der Waals surface area contributed by atoms with Gasteiger partial charge in [0.05, 0.1) is 17.5 Å². The maximum atomic E-state index is 14.0. The van der Waals surface area contributed by atoms with Crippen LogP contribution in [0, 0.1) is 12.8 Å². The minimum Gasteiger partial charge on any atom is -0.388 e. The van der Waals surface area contributed by atoms with E-state index in [0.29, 0.717) is 62.0 Å². The maximum Gasteiger partial charge on any atom is 0.262 e. The molecule has 9 heteroatoms. The molecule has 4 heterocycles. The maximum absolute atomic E-state index is 14.0. The molecule has 2 atom stereocenters. The van der Waals surface area contributed by atoms with Crippen molar-refractivity contribution in [2.24, 2.45) is 5.92 Å². The molecule has 2 aromatic carbocycles. The second-order valence-electron chi connectivity index (χ2n) is 12.1. The Kier molecular flexibility index (Phi) is 7.92. The van der Waals surface area contributed by atoms with Gasteiger partial charge in [-0.2, -0.15) is 0 Å². The number of aromatic nitrogens is 3. The highest BCUT2D eigenvalue weighted by Crippen LogP contribution is 2.36. The molecule has 1 N–H and O–H groups in total. The van der Waals surface area contributed by atoms with E-state index in [1.54, 1.807) is 6.07 Å². The van der Waals surface area contributed by atoms with Crippen molar-refractivity contribution >= 4 is 22.8 Å². The molecule has 9 nitrogen and oxygen atoms in total. The van der Waals surface area contributed by atoms with Crippen molar-refractivity contribution in [1.29, 1.82) is 0 Å². The third-order valence-corrected chi connectivity index (χ3v) is 9.30. The van der Waals surface area contributed by atoms with Gasteiger partial charge in [0.15, 0.2) is 0 Å². The quantitative estimate of drug-likeness (QED) is 0.373. The summed E-state index contributed by atoms with van der Waals surface area (Å²) in [6.07, 6.45) is 4.70. The third kappa shape index (κ3) is 5.73. The smallest absolute Gasteiger partial charge is 0.262 e. The van der Waals surface area contributed by atoms with Crippen LogP contribution in [0.1, 0.15) is 53.6 Å². The number of piperidine rings is 2. The van der Waals surface area contributed by atoms with E-state index in [-0.39, 0.29) is 35.8 Å². The van der Waals surface area contributed by atoms with Crippen molar-refractivity contribution in [2.45, 2.75) is 57.7 Å². The van der Waals surface area contributed by atoms with E-state index >= 15 is 0 Å². The molecule has 2 fully saturated rings. The van der Waals surface area contributed by atoms with Gasteiger partial charge in [0, 0.05) is 56.3 Å². The number of aliphatic hydroxyl groups is 1. The first-order valence-electron chi connectivity index (χ1n) is 15.2. The Balaban J connectivity index is 1.15. The molecule has 2 aliphatic rings. The molecule has 0 unspecified atom stereocenters. The monoisotopic (exact) mass is 581 g/mol. The Morgan fingerprint density at radius 2 is 1.67 bits per heavy atom. The van der Waals surface area contributed by atoms with Crippen LogP contribution in [0.3, 0.4) is 0 Å². The summed E-state index contributed by atoms with van der Waals surface area (Å²) in [5.74, 6) is -0.319. The van der Waals surface area contributed by atoms with Crippen LogP contribution in [0.2, 0.25) is 0 Å². The Morgan fingerprint density at radius 1 is 0.953 bits per heavy atom. The van der Waals surface area contributed by atoms with Gasteiger partial charge in [-0.3, -0.25) is 19.0 Å². The summed E-state index contributed by atoms with van der Waals surface area (Å²) in [4.78, 5) is 48.7. The van der Waals surface area contributed by atoms with Crippen molar-refractivity contribution < 1.29 is 14.7 Å². The second-order valence-corrected chi connectivity index (χ2v) is 12.1. The predicted molar refractivity (Wildman–Crippen MR) is 165 cm³/mol. The Hall–Kier alpha value is -4.24. The highest BCUT2D eigenvalue weighted by atomic mass is 16.3.